The lowest BCUT2D eigenvalue weighted by atomic mass is 10.0. The van der Waals surface area contributed by atoms with Crippen LogP contribution in [0.3, 0.4) is 0 Å². The molecule has 1 heterocycles. The van der Waals surface area contributed by atoms with Crippen LogP contribution in [-0.4, -0.2) is 61.1 Å². The van der Waals surface area contributed by atoms with E-state index in [1.165, 1.54) is 25.8 Å². The standard InChI is InChI=1S/C17H35N5O.HI/c1-6-18-16(20-13-15(23)21-17(3,4)5)19-12-14-10-8-9-11-22(14)7-2;/h14H,6-13H2,1-5H3,(H,21,23)(H2,18,19,20);1H. The molecule has 3 N–H and O–H groups in total. The fraction of sp³-hybridized carbons (Fsp3) is 0.882. The summed E-state index contributed by atoms with van der Waals surface area (Å²) >= 11 is 0. The number of amides is 1. The van der Waals surface area contributed by atoms with E-state index in [9.17, 15) is 4.79 Å². The second-order valence-electron chi connectivity index (χ2n) is 7.15. The molecule has 142 valence electrons. The SMILES string of the molecule is CCNC(=NCC(=O)NC(C)(C)C)NCC1CCCCN1CC.I. The monoisotopic (exact) mass is 453 g/mol. The van der Waals surface area contributed by atoms with Crippen LogP contribution in [-0.2, 0) is 4.79 Å². The molecule has 7 heteroatoms. The van der Waals surface area contributed by atoms with Gasteiger partial charge in [0.15, 0.2) is 5.96 Å². The van der Waals surface area contributed by atoms with Crippen LogP contribution in [0.25, 0.3) is 0 Å². The second kappa shape index (κ2) is 11.9. The summed E-state index contributed by atoms with van der Waals surface area (Å²) in [5.74, 6) is 0.667. The molecule has 1 rings (SSSR count). The van der Waals surface area contributed by atoms with Gasteiger partial charge in [-0.25, -0.2) is 4.99 Å². The van der Waals surface area contributed by atoms with E-state index >= 15 is 0 Å². The van der Waals surface area contributed by atoms with E-state index in [-0.39, 0.29) is 42.0 Å². The molecular formula is C17H36IN5O. The number of likely N-dealkylation sites (tertiary alicyclic amines) is 1. The molecule has 0 aromatic carbocycles. The zero-order chi connectivity index (χ0) is 17.3. The van der Waals surface area contributed by atoms with Gasteiger partial charge in [0, 0.05) is 24.7 Å². The molecule has 0 spiro atoms. The van der Waals surface area contributed by atoms with Gasteiger partial charge in [0.2, 0.25) is 5.91 Å². The van der Waals surface area contributed by atoms with E-state index in [0.717, 1.165) is 25.6 Å². The normalized spacial score (nSPS) is 19.4. The Morgan fingerprint density at radius 1 is 1.21 bits per heavy atom. The fourth-order valence-electron chi connectivity index (χ4n) is 2.87. The molecule has 1 fully saturated rings. The molecule has 1 aliphatic rings. The highest BCUT2D eigenvalue weighted by Gasteiger charge is 2.21. The largest absolute Gasteiger partial charge is 0.357 e. The number of carbonyl (C=O) groups is 1. The van der Waals surface area contributed by atoms with Crippen molar-refractivity contribution >= 4 is 35.8 Å². The Labute approximate surface area is 164 Å². The third-order valence-corrected chi connectivity index (χ3v) is 3.90. The first-order chi connectivity index (χ1) is 10.9. The molecule has 0 aromatic rings. The van der Waals surface area contributed by atoms with Crippen LogP contribution in [0.2, 0.25) is 0 Å². The van der Waals surface area contributed by atoms with Gasteiger partial charge in [-0.2, -0.15) is 0 Å². The van der Waals surface area contributed by atoms with Gasteiger partial charge in [0.25, 0.3) is 0 Å². The third-order valence-electron chi connectivity index (χ3n) is 3.90. The Balaban J connectivity index is 0.00000529. The van der Waals surface area contributed by atoms with Crippen molar-refractivity contribution in [3.8, 4) is 0 Å². The van der Waals surface area contributed by atoms with Gasteiger partial charge in [-0.15, -0.1) is 24.0 Å². The van der Waals surface area contributed by atoms with Crippen LogP contribution in [0.1, 0.15) is 53.9 Å². The second-order valence-corrected chi connectivity index (χ2v) is 7.15. The topological polar surface area (TPSA) is 68.8 Å². The molecule has 0 saturated carbocycles. The van der Waals surface area contributed by atoms with E-state index < -0.39 is 0 Å². The number of halogens is 1. The maximum Gasteiger partial charge on any atom is 0.242 e. The minimum atomic E-state index is -0.220. The van der Waals surface area contributed by atoms with E-state index in [4.69, 9.17) is 0 Å². The maximum absolute atomic E-state index is 11.9. The molecule has 24 heavy (non-hydrogen) atoms. The Morgan fingerprint density at radius 2 is 1.92 bits per heavy atom. The number of rotatable bonds is 6. The predicted molar refractivity (Wildman–Crippen MR) is 112 cm³/mol. The smallest absolute Gasteiger partial charge is 0.242 e. The van der Waals surface area contributed by atoms with Crippen LogP contribution in [0.5, 0.6) is 0 Å². The maximum atomic E-state index is 11.9. The first kappa shape index (κ1) is 23.4. The summed E-state index contributed by atoms with van der Waals surface area (Å²) in [7, 11) is 0. The van der Waals surface area contributed by atoms with Crippen LogP contribution >= 0.6 is 24.0 Å². The lowest BCUT2D eigenvalue weighted by Crippen LogP contribution is -2.49. The number of nitrogens with zero attached hydrogens (tertiary/aromatic N) is 2. The molecule has 1 atom stereocenters. The zero-order valence-corrected chi connectivity index (χ0v) is 18.3. The van der Waals surface area contributed by atoms with Crippen LogP contribution in [0.4, 0.5) is 0 Å². The highest BCUT2D eigenvalue weighted by molar-refractivity contribution is 14.0. The quantitative estimate of drug-likeness (QED) is 0.327. The number of piperidine rings is 1. The lowest BCUT2D eigenvalue weighted by Gasteiger charge is -2.35. The zero-order valence-electron chi connectivity index (χ0n) is 15.9. The van der Waals surface area contributed by atoms with E-state index in [0.29, 0.717) is 6.04 Å². The Kier molecular flexibility index (Phi) is 11.6. The Hall–Kier alpha value is -0.570. The van der Waals surface area contributed by atoms with Gasteiger partial charge in [0.1, 0.15) is 6.54 Å². The van der Waals surface area contributed by atoms with Gasteiger partial charge in [0.05, 0.1) is 0 Å². The molecule has 0 aliphatic carbocycles. The summed E-state index contributed by atoms with van der Waals surface area (Å²) in [5, 5.41) is 9.53. The number of carbonyl (C=O) groups excluding carboxylic acids is 1. The van der Waals surface area contributed by atoms with Crippen molar-refractivity contribution in [1.82, 2.24) is 20.9 Å². The number of hydrogen-bond acceptors (Lipinski definition) is 3. The average Bonchev–Trinajstić information content (AvgIpc) is 2.48. The first-order valence-corrected chi connectivity index (χ1v) is 8.93. The molecular weight excluding hydrogens is 417 g/mol. The Morgan fingerprint density at radius 3 is 2.50 bits per heavy atom. The molecule has 1 amide bonds. The third kappa shape index (κ3) is 9.66. The molecule has 1 unspecified atom stereocenters. The molecule has 0 aromatic heterocycles. The molecule has 0 bridgehead atoms. The van der Waals surface area contributed by atoms with Gasteiger partial charge in [-0.05, 0) is 53.6 Å². The van der Waals surface area contributed by atoms with Crippen molar-refractivity contribution in [2.24, 2.45) is 4.99 Å². The number of guanidine groups is 1. The number of aliphatic imine (C=N–C) groups is 1. The number of hydrogen-bond donors (Lipinski definition) is 3. The predicted octanol–water partition coefficient (Wildman–Crippen LogP) is 1.95. The summed E-state index contributed by atoms with van der Waals surface area (Å²) in [5.41, 5.74) is -0.220. The van der Waals surface area contributed by atoms with Crippen molar-refractivity contribution in [3.05, 3.63) is 0 Å². The molecule has 1 aliphatic heterocycles. The van der Waals surface area contributed by atoms with Crippen LogP contribution in [0, 0.1) is 0 Å². The molecule has 6 nitrogen and oxygen atoms in total. The van der Waals surface area contributed by atoms with Crippen LogP contribution in [0.15, 0.2) is 4.99 Å². The number of likely N-dealkylation sites (N-methyl/N-ethyl adjacent to an activating group) is 1. The molecule has 1 saturated heterocycles. The van der Waals surface area contributed by atoms with E-state index in [1.54, 1.807) is 0 Å². The number of nitrogens with one attached hydrogen (secondary N) is 3. The van der Waals surface area contributed by atoms with Gasteiger partial charge < -0.3 is 16.0 Å². The molecule has 0 radical (unpaired) electrons. The summed E-state index contributed by atoms with van der Waals surface area (Å²) in [6.45, 7) is 14.3. The minimum absolute atomic E-state index is 0. The Bertz CT molecular complexity index is 395. The van der Waals surface area contributed by atoms with Crippen LogP contribution < -0.4 is 16.0 Å². The summed E-state index contributed by atoms with van der Waals surface area (Å²) in [6.07, 6.45) is 3.82. The average molecular weight is 453 g/mol. The van der Waals surface area contributed by atoms with Crippen molar-refractivity contribution in [2.45, 2.75) is 65.5 Å². The fourth-order valence-corrected chi connectivity index (χ4v) is 2.87. The minimum Gasteiger partial charge on any atom is -0.357 e. The van der Waals surface area contributed by atoms with Crippen molar-refractivity contribution in [2.75, 3.05) is 32.7 Å². The highest BCUT2D eigenvalue weighted by atomic mass is 127. The van der Waals surface area contributed by atoms with Gasteiger partial charge in [-0.3, -0.25) is 9.69 Å². The summed E-state index contributed by atoms with van der Waals surface area (Å²) < 4.78 is 0. The lowest BCUT2D eigenvalue weighted by molar-refractivity contribution is -0.121. The first-order valence-electron chi connectivity index (χ1n) is 8.93. The van der Waals surface area contributed by atoms with E-state index in [2.05, 4.69) is 32.8 Å². The van der Waals surface area contributed by atoms with Crippen molar-refractivity contribution in [1.29, 1.82) is 0 Å². The van der Waals surface area contributed by atoms with E-state index in [1.807, 2.05) is 27.7 Å². The van der Waals surface area contributed by atoms with Gasteiger partial charge in [-0.1, -0.05) is 13.3 Å². The summed E-state index contributed by atoms with van der Waals surface area (Å²) in [6, 6.07) is 0.556. The highest BCUT2D eigenvalue weighted by Crippen LogP contribution is 2.15. The van der Waals surface area contributed by atoms with Gasteiger partial charge >= 0.3 is 0 Å². The van der Waals surface area contributed by atoms with Crippen molar-refractivity contribution < 1.29 is 4.79 Å². The van der Waals surface area contributed by atoms with Crippen molar-refractivity contribution in [3.63, 3.8) is 0 Å². The summed E-state index contributed by atoms with van der Waals surface area (Å²) in [4.78, 5) is 18.8.